The third kappa shape index (κ3) is 2.35. The third-order valence-corrected chi connectivity index (χ3v) is 2.56. The van der Waals surface area contributed by atoms with Crippen LogP contribution in [0.15, 0.2) is 10.5 Å². The van der Waals surface area contributed by atoms with E-state index in [1.165, 1.54) is 6.07 Å². The summed E-state index contributed by atoms with van der Waals surface area (Å²) in [5.41, 5.74) is -0.685. The minimum absolute atomic E-state index is 0.00130. The van der Waals surface area contributed by atoms with E-state index in [0.717, 1.165) is 0 Å². The van der Waals surface area contributed by atoms with Crippen LogP contribution in [0.25, 0.3) is 0 Å². The maximum absolute atomic E-state index is 12.4. The fourth-order valence-corrected chi connectivity index (χ4v) is 2.36. The molecule has 0 saturated carbocycles. The molecule has 0 unspecified atom stereocenters. The Morgan fingerprint density at radius 2 is 2.21 bits per heavy atom. The molecule has 0 fully saturated rings. The summed E-state index contributed by atoms with van der Waals surface area (Å²) in [6, 6.07) is 1.30. The number of alkyl halides is 2. The lowest BCUT2D eigenvalue weighted by Gasteiger charge is -2.03. The van der Waals surface area contributed by atoms with Crippen molar-refractivity contribution in [1.82, 2.24) is 4.98 Å². The van der Waals surface area contributed by atoms with E-state index in [9.17, 15) is 18.9 Å². The van der Waals surface area contributed by atoms with Crippen LogP contribution in [0.2, 0.25) is 0 Å². The van der Waals surface area contributed by atoms with Gasteiger partial charge in [-0.3, -0.25) is 0 Å². The zero-order valence-electron chi connectivity index (χ0n) is 6.38. The Morgan fingerprint density at radius 3 is 2.64 bits per heavy atom. The van der Waals surface area contributed by atoms with Crippen molar-refractivity contribution in [3.05, 3.63) is 29.9 Å². The molecule has 1 aromatic rings. The fourth-order valence-electron chi connectivity index (χ4n) is 0.824. The Bertz CT molecular complexity index is 388. The summed E-state index contributed by atoms with van der Waals surface area (Å²) in [6.07, 6.45) is -2.92. The summed E-state index contributed by atoms with van der Waals surface area (Å²) in [7, 11) is 0. The predicted octanol–water partition coefficient (Wildman–Crippen LogP) is 3.29. The molecular formula is C6H2BrF2IN2O2. The van der Waals surface area contributed by atoms with Crippen LogP contribution >= 0.6 is 38.5 Å². The first-order chi connectivity index (χ1) is 6.43. The van der Waals surface area contributed by atoms with Crippen LogP contribution in [0.5, 0.6) is 0 Å². The number of aromatic nitrogens is 1. The summed E-state index contributed by atoms with van der Waals surface area (Å²) in [4.78, 5) is 12.9. The first-order valence-electron chi connectivity index (χ1n) is 3.22. The van der Waals surface area contributed by atoms with Gasteiger partial charge in [0.05, 0.1) is 0 Å². The summed E-state index contributed by atoms with van der Waals surface area (Å²) >= 11 is 4.55. The van der Waals surface area contributed by atoms with E-state index in [-0.39, 0.29) is 8.17 Å². The average Bonchev–Trinajstić information content (AvgIpc) is 2.01. The number of halogens is 4. The smallest absolute Gasteiger partial charge is 0.358 e. The number of hydrogen-bond acceptors (Lipinski definition) is 3. The van der Waals surface area contributed by atoms with Crippen molar-refractivity contribution in [3.63, 3.8) is 0 Å². The average molecular weight is 379 g/mol. The van der Waals surface area contributed by atoms with E-state index in [0.29, 0.717) is 0 Å². The van der Waals surface area contributed by atoms with Gasteiger partial charge in [-0.05, 0) is 25.8 Å². The molecule has 1 aromatic heterocycles. The SMILES string of the molecule is O=[N+]([O-])c1nc(I)cc(Br)c1C(F)F. The second-order valence-corrected chi connectivity index (χ2v) is 4.18. The topological polar surface area (TPSA) is 56.0 Å². The van der Waals surface area contributed by atoms with Crippen molar-refractivity contribution < 1.29 is 13.7 Å². The molecule has 0 aromatic carbocycles. The van der Waals surface area contributed by atoms with E-state index in [2.05, 4.69) is 20.9 Å². The molecule has 0 amide bonds. The van der Waals surface area contributed by atoms with Crippen LogP contribution in [0.1, 0.15) is 12.0 Å². The number of nitro groups is 1. The highest BCUT2D eigenvalue weighted by Crippen LogP contribution is 2.34. The largest absolute Gasteiger partial charge is 0.374 e. The normalized spacial score (nSPS) is 10.6. The van der Waals surface area contributed by atoms with Crippen LogP contribution < -0.4 is 0 Å². The van der Waals surface area contributed by atoms with Crippen molar-refractivity contribution >= 4 is 44.3 Å². The molecule has 0 atom stereocenters. The van der Waals surface area contributed by atoms with Gasteiger partial charge in [0, 0.05) is 33.1 Å². The molecule has 1 heterocycles. The fraction of sp³-hybridized carbons (Fsp3) is 0.167. The molecule has 1 rings (SSSR count). The minimum Gasteiger partial charge on any atom is -0.358 e. The van der Waals surface area contributed by atoms with Crippen LogP contribution in [0.4, 0.5) is 14.6 Å². The molecule has 0 aliphatic rings. The molecule has 14 heavy (non-hydrogen) atoms. The minimum atomic E-state index is -2.92. The molecule has 0 aliphatic heterocycles. The Morgan fingerprint density at radius 1 is 1.64 bits per heavy atom. The molecule has 0 bridgehead atoms. The van der Waals surface area contributed by atoms with Crippen molar-refractivity contribution in [2.24, 2.45) is 0 Å². The molecule has 0 radical (unpaired) electrons. The van der Waals surface area contributed by atoms with Gasteiger partial charge in [0.25, 0.3) is 6.43 Å². The molecule has 76 valence electrons. The number of pyridine rings is 1. The molecule has 0 aliphatic carbocycles. The van der Waals surface area contributed by atoms with Gasteiger partial charge in [-0.15, -0.1) is 0 Å². The van der Waals surface area contributed by atoms with Crippen LogP contribution in [0, 0.1) is 13.8 Å². The summed E-state index contributed by atoms with van der Waals surface area (Å²) in [6.45, 7) is 0. The highest BCUT2D eigenvalue weighted by molar-refractivity contribution is 14.1. The Balaban J connectivity index is 3.44. The van der Waals surface area contributed by atoms with Crippen LogP contribution in [-0.4, -0.2) is 9.91 Å². The molecule has 0 spiro atoms. The van der Waals surface area contributed by atoms with Gasteiger partial charge in [0.15, 0.2) is 0 Å². The van der Waals surface area contributed by atoms with Crippen molar-refractivity contribution in [2.45, 2.75) is 6.43 Å². The summed E-state index contributed by atoms with van der Waals surface area (Å²) < 4.78 is 25.1. The van der Waals surface area contributed by atoms with E-state index < -0.39 is 22.7 Å². The molecule has 0 saturated heterocycles. The van der Waals surface area contributed by atoms with Gasteiger partial charge >= 0.3 is 5.82 Å². The lowest BCUT2D eigenvalue weighted by Crippen LogP contribution is -2.01. The monoisotopic (exact) mass is 378 g/mol. The van der Waals surface area contributed by atoms with Crippen LogP contribution in [-0.2, 0) is 0 Å². The van der Waals surface area contributed by atoms with Crippen molar-refractivity contribution in [3.8, 4) is 0 Å². The summed E-state index contributed by atoms with van der Waals surface area (Å²) in [5.74, 6) is -0.807. The Hall–Kier alpha value is -0.380. The van der Waals surface area contributed by atoms with Gasteiger partial charge in [-0.25, -0.2) is 8.78 Å². The number of hydrogen-bond donors (Lipinski definition) is 0. The lowest BCUT2D eigenvalue weighted by molar-refractivity contribution is -0.391. The first-order valence-corrected chi connectivity index (χ1v) is 5.09. The van der Waals surface area contributed by atoms with Gasteiger partial charge in [-0.1, -0.05) is 0 Å². The van der Waals surface area contributed by atoms with E-state index in [1.54, 1.807) is 22.6 Å². The summed E-state index contributed by atoms with van der Waals surface area (Å²) in [5, 5.41) is 10.4. The van der Waals surface area contributed by atoms with Crippen molar-refractivity contribution in [1.29, 1.82) is 0 Å². The van der Waals surface area contributed by atoms with Crippen molar-refractivity contribution in [2.75, 3.05) is 0 Å². The standard InChI is InChI=1S/C6H2BrF2IN2O2/c7-2-1-3(10)11-6(12(13)14)4(2)5(8)9/h1,5H. The highest BCUT2D eigenvalue weighted by atomic mass is 127. The number of nitrogens with zero attached hydrogens (tertiary/aromatic N) is 2. The number of rotatable bonds is 2. The first kappa shape index (κ1) is 11.7. The van der Waals surface area contributed by atoms with Gasteiger partial charge in [-0.2, -0.15) is 0 Å². The zero-order valence-corrected chi connectivity index (χ0v) is 10.1. The predicted molar refractivity (Wildman–Crippen MR) is 56.3 cm³/mol. The highest BCUT2D eigenvalue weighted by Gasteiger charge is 2.27. The van der Waals surface area contributed by atoms with Gasteiger partial charge < -0.3 is 10.1 Å². The molecular weight excluding hydrogens is 377 g/mol. The molecule has 0 N–H and O–H groups in total. The zero-order chi connectivity index (χ0) is 10.9. The Labute approximate surface area is 99.1 Å². The Kier molecular flexibility index (Phi) is 3.70. The van der Waals surface area contributed by atoms with Crippen LogP contribution in [0.3, 0.4) is 0 Å². The third-order valence-electron chi connectivity index (χ3n) is 1.35. The van der Waals surface area contributed by atoms with Gasteiger partial charge in [0.2, 0.25) is 3.70 Å². The maximum atomic E-state index is 12.4. The second kappa shape index (κ2) is 4.43. The maximum Gasteiger partial charge on any atom is 0.374 e. The van der Waals surface area contributed by atoms with E-state index in [4.69, 9.17) is 0 Å². The van der Waals surface area contributed by atoms with Gasteiger partial charge in [0.1, 0.15) is 5.56 Å². The second-order valence-electron chi connectivity index (χ2n) is 2.22. The lowest BCUT2D eigenvalue weighted by atomic mass is 10.3. The van der Waals surface area contributed by atoms with E-state index >= 15 is 0 Å². The molecule has 4 nitrogen and oxygen atoms in total. The van der Waals surface area contributed by atoms with E-state index in [1.807, 2.05) is 0 Å². The quantitative estimate of drug-likeness (QED) is 0.343. The molecule has 8 heteroatoms.